The van der Waals surface area contributed by atoms with E-state index >= 15 is 0 Å². The molecular weight excluding hydrogens is 240 g/mol. The third-order valence-corrected chi connectivity index (χ3v) is 3.65. The Bertz CT molecular complexity index is 430. The molecule has 0 aliphatic carbocycles. The second-order valence-electron chi connectivity index (χ2n) is 5.28. The molecule has 1 N–H and O–H groups in total. The van der Waals surface area contributed by atoms with E-state index in [2.05, 4.69) is 24.1 Å². The topological polar surface area (TPSA) is 41.6 Å². The first-order chi connectivity index (χ1) is 9.10. The normalized spacial score (nSPS) is 24.2. The molecule has 2 atom stereocenters. The minimum absolute atomic E-state index is 0.282. The van der Waals surface area contributed by atoms with Gasteiger partial charge in [0, 0.05) is 31.7 Å². The third kappa shape index (κ3) is 3.55. The first-order valence-electron chi connectivity index (χ1n) is 6.75. The first kappa shape index (κ1) is 14.0. The zero-order chi connectivity index (χ0) is 13.8. The molecule has 1 heterocycles. The van der Waals surface area contributed by atoms with E-state index in [0.717, 1.165) is 19.6 Å². The summed E-state index contributed by atoms with van der Waals surface area (Å²) in [6.07, 6.45) is 0. The number of rotatable bonds is 3. The highest BCUT2D eigenvalue weighted by molar-refractivity contribution is 5.89. The van der Waals surface area contributed by atoms with Crippen LogP contribution in [0.2, 0.25) is 0 Å². The van der Waals surface area contributed by atoms with Crippen LogP contribution in [0.3, 0.4) is 0 Å². The van der Waals surface area contributed by atoms with E-state index in [1.807, 2.05) is 24.3 Å². The molecule has 0 spiro atoms. The maximum atomic E-state index is 11.4. The van der Waals surface area contributed by atoms with Gasteiger partial charge >= 0.3 is 5.97 Å². The van der Waals surface area contributed by atoms with Crippen molar-refractivity contribution in [2.24, 2.45) is 0 Å². The predicted molar refractivity (Wildman–Crippen MR) is 75.1 cm³/mol. The van der Waals surface area contributed by atoms with E-state index < -0.39 is 0 Å². The molecule has 0 unspecified atom stereocenters. The van der Waals surface area contributed by atoms with Crippen molar-refractivity contribution < 1.29 is 9.53 Å². The van der Waals surface area contributed by atoms with Gasteiger partial charge in [0.15, 0.2) is 0 Å². The number of nitrogens with zero attached hydrogens (tertiary/aromatic N) is 1. The number of carbonyl (C=O) groups is 1. The molecule has 19 heavy (non-hydrogen) atoms. The molecule has 1 saturated heterocycles. The van der Waals surface area contributed by atoms with Crippen molar-refractivity contribution in [1.82, 2.24) is 10.2 Å². The first-order valence-corrected chi connectivity index (χ1v) is 6.75. The molecule has 0 amide bonds. The molecule has 1 aromatic carbocycles. The zero-order valence-corrected chi connectivity index (χ0v) is 11.8. The van der Waals surface area contributed by atoms with Gasteiger partial charge in [0.2, 0.25) is 0 Å². The quantitative estimate of drug-likeness (QED) is 0.841. The molecule has 4 nitrogen and oxygen atoms in total. The van der Waals surface area contributed by atoms with E-state index in [1.54, 1.807) is 0 Å². The standard InChI is InChI=1S/C15H22N2O2/c1-11-9-17(12(2)8-16-11)10-13-4-6-14(7-5-13)15(18)19-3/h4-7,11-12,16H,8-10H2,1-3H3/t11-,12+/m1/s1. The van der Waals surface area contributed by atoms with Crippen LogP contribution in [0.25, 0.3) is 0 Å². The van der Waals surface area contributed by atoms with Crippen molar-refractivity contribution in [3.8, 4) is 0 Å². The predicted octanol–water partition coefficient (Wildman–Crippen LogP) is 1.66. The second kappa shape index (κ2) is 6.17. The van der Waals surface area contributed by atoms with Gasteiger partial charge in [0.25, 0.3) is 0 Å². The molecule has 104 valence electrons. The van der Waals surface area contributed by atoms with Crippen LogP contribution in [0.1, 0.15) is 29.8 Å². The Balaban J connectivity index is 2.00. The van der Waals surface area contributed by atoms with E-state index in [9.17, 15) is 4.79 Å². The van der Waals surface area contributed by atoms with Crippen LogP contribution in [0.15, 0.2) is 24.3 Å². The van der Waals surface area contributed by atoms with Crippen molar-refractivity contribution in [1.29, 1.82) is 0 Å². The summed E-state index contributed by atoms with van der Waals surface area (Å²) in [4.78, 5) is 13.8. The van der Waals surface area contributed by atoms with Crippen LogP contribution in [0, 0.1) is 0 Å². The molecule has 0 aromatic heterocycles. The number of ether oxygens (including phenoxy) is 1. The molecule has 1 fully saturated rings. The van der Waals surface area contributed by atoms with Gasteiger partial charge in [-0.15, -0.1) is 0 Å². The Labute approximate surface area is 114 Å². The van der Waals surface area contributed by atoms with E-state index in [-0.39, 0.29) is 5.97 Å². The fourth-order valence-electron chi connectivity index (χ4n) is 2.42. The number of benzene rings is 1. The molecule has 1 aliphatic rings. The van der Waals surface area contributed by atoms with Crippen molar-refractivity contribution >= 4 is 5.97 Å². The highest BCUT2D eigenvalue weighted by atomic mass is 16.5. The minimum atomic E-state index is -0.282. The van der Waals surface area contributed by atoms with Gasteiger partial charge in [0.05, 0.1) is 12.7 Å². The largest absolute Gasteiger partial charge is 0.465 e. The lowest BCUT2D eigenvalue weighted by Gasteiger charge is -2.37. The summed E-state index contributed by atoms with van der Waals surface area (Å²) in [6, 6.07) is 8.74. The maximum Gasteiger partial charge on any atom is 0.337 e. The second-order valence-corrected chi connectivity index (χ2v) is 5.28. The molecular formula is C15H22N2O2. The fraction of sp³-hybridized carbons (Fsp3) is 0.533. The van der Waals surface area contributed by atoms with Gasteiger partial charge in [-0.3, -0.25) is 4.90 Å². The Morgan fingerprint density at radius 3 is 2.68 bits per heavy atom. The van der Waals surface area contributed by atoms with Crippen LogP contribution >= 0.6 is 0 Å². The van der Waals surface area contributed by atoms with Crippen molar-refractivity contribution in [3.63, 3.8) is 0 Å². The van der Waals surface area contributed by atoms with E-state index in [4.69, 9.17) is 4.74 Å². The number of esters is 1. The smallest absolute Gasteiger partial charge is 0.337 e. The molecule has 4 heteroatoms. The Morgan fingerprint density at radius 1 is 1.37 bits per heavy atom. The zero-order valence-electron chi connectivity index (χ0n) is 11.8. The van der Waals surface area contributed by atoms with E-state index in [1.165, 1.54) is 12.7 Å². The fourth-order valence-corrected chi connectivity index (χ4v) is 2.42. The lowest BCUT2D eigenvalue weighted by atomic mass is 10.1. The van der Waals surface area contributed by atoms with Crippen molar-refractivity contribution in [3.05, 3.63) is 35.4 Å². The lowest BCUT2D eigenvalue weighted by molar-refractivity contribution is 0.0600. The highest BCUT2D eigenvalue weighted by Crippen LogP contribution is 2.13. The van der Waals surface area contributed by atoms with E-state index in [0.29, 0.717) is 17.6 Å². The van der Waals surface area contributed by atoms with Gasteiger partial charge in [0.1, 0.15) is 0 Å². The summed E-state index contributed by atoms with van der Waals surface area (Å²) in [5.74, 6) is -0.282. The number of hydrogen-bond donors (Lipinski definition) is 1. The van der Waals surface area contributed by atoms with Crippen LogP contribution in [0.4, 0.5) is 0 Å². The van der Waals surface area contributed by atoms with Gasteiger partial charge in [-0.1, -0.05) is 12.1 Å². The summed E-state index contributed by atoms with van der Waals surface area (Å²) in [6.45, 7) is 7.46. The Morgan fingerprint density at radius 2 is 2.05 bits per heavy atom. The monoisotopic (exact) mass is 262 g/mol. The van der Waals surface area contributed by atoms with Gasteiger partial charge in [-0.05, 0) is 31.5 Å². The number of nitrogens with one attached hydrogen (secondary N) is 1. The highest BCUT2D eigenvalue weighted by Gasteiger charge is 2.22. The Kier molecular flexibility index (Phi) is 4.56. The molecule has 0 saturated carbocycles. The van der Waals surface area contributed by atoms with Crippen LogP contribution < -0.4 is 5.32 Å². The van der Waals surface area contributed by atoms with Crippen LogP contribution in [-0.4, -0.2) is 43.2 Å². The minimum Gasteiger partial charge on any atom is -0.465 e. The SMILES string of the molecule is COC(=O)c1ccc(CN2C[C@@H](C)NC[C@@H]2C)cc1. The maximum absolute atomic E-state index is 11.4. The van der Waals surface area contributed by atoms with Crippen molar-refractivity contribution in [2.75, 3.05) is 20.2 Å². The number of methoxy groups -OCH3 is 1. The molecule has 2 rings (SSSR count). The Hall–Kier alpha value is -1.39. The number of piperazine rings is 1. The van der Waals surface area contributed by atoms with Crippen LogP contribution in [-0.2, 0) is 11.3 Å². The summed E-state index contributed by atoms with van der Waals surface area (Å²) in [5.41, 5.74) is 1.83. The molecule has 1 aliphatic heterocycles. The molecule has 0 bridgehead atoms. The molecule has 1 aromatic rings. The van der Waals surface area contributed by atoms with Crippen molar-refractivity contribution in [2.45, 2.75) is 32.5 Å². The summed E-state index contributed by atoms with van der Waals surface area (Å²) >= 11 is 0. The summed E-state index contributed by atoms with van der Waals surface area (Å²) in [5, 5.41) is 3.48. The van der Waals surface area contributed by atoms with Crippen LogP contribution in [0.5, 0.6) is 0 Å². The summed E-state index contributed by atoms with van der Waals surface area (Å²) in [7, 11) is 1.40. The number of hydrogen-bond acceptors (Lipinski definition) is 4. The van der Waals surface area contributed by atoms with Gasteiger partial charge in [-0.2, -0.15) is 0 Å². The average molecular weight is 262 g/mol. The third-order valence-electron chi connectivity index (χ3n) is 3.65. The lowest BCUT2D eigenvalue weighted by Crippen LogP contribution is -2.53. The van der Waals surface area contributed by atoms with Gasteiger partial charge < -0.3 is 10.1 Å². The summed E-state index contributed by atoms with van der Waals surface area (Å²) < 4.78 is 4.70. The average Bonchev–Trinajstić information content (AvgIpc) is 2.43. The van der Waals surface area contributed by atoms with Gasteiger partial charge in [-0.25, -0.2) is 4.79 Å². The molecule has 0 radical (unpaired) electrons. The number of carbonyl (C=O) groups excluding carboxylic acids is 1.